The number of carboxylic acids is 1. The minimum absolute atomic E-state index is 0.240. The highest BCUT2D eigenvalue weighted by atomic mass is 35.5. The molecule has 1 aliphatic heterocycles. The van der Waals surface area contributed by atoms with Crippen LogP contribution in [-0.4, -0.2) is 29.1 Å². The van der Waals surface area contributed by atoms with Gasteiger partial charge in [0.2, 0.25) is 0 Å². The number of hydrogen-bond acceptors (Lipinski definition) is 2. The zero-order valence-corrected chi connectivity index (χ0v) is 11.9. The smallest absolute Gasteiger partial charge is 0.306 e. The molecular formula is C15H20ClNO2. The number of nitrogens with zero attached hydrogens (tertiary/aromatic N) is 1. The summed E-state index contributed by atoms with van der Waals surface area (Å²) in [5, 5.41) is 9.72. The Morgan fingerprint density at radius 1 is 1.58 bits per heavy atom. The van der Waals surface area contributed by atoms with Gasteiger partial charge < -0.3 is 5.11 Å². The summed E-state index contributed by atoms with van der Waals surface area (Å²) < 4.78 is 0. The van der Waals surface area contributed by atoms with Gasteiger partial charge in [-0.2, -0.15) is 0 Å². The van der Waals surface area contributed by atoms with Crippen LogP contribution >= 0.6 is 11.6 Å². The first-order valence-electron chi connectivity index (χ1n) is 6.74. The molecule has 2 rings (SSSR count). The van der Waals surface area contributed by atoms with Crippen molar-refractivity contribution in [3.63, 3.8) is 0 Å². The summed E-state index contributed by atoms with van der Waals surface area (Å²) in [6.07, 6.45) is 1.87. The number of aliphatic carboxylic acids is 1. The van der Waals surface area contributed by atoms with Crippen LogP contribution in [-0.2, 0) is 11.3 Å². The monoisotopic (exact) mass is 281 g/mol. The van der Waals surface area contributed by atoms with E-state index in [-0.39, 0.29) is 5.92 Å². The van der Waals surface area contributed by atoms with Gasteiger partial charge in [-0.1, -0.05) is 30.7 Å². The van der Waals surface area contributed by atoms with Crippen LogP contribution < -0.4 is 0 Å². The van der Waals surface area contributed by atoms with Gasteiger partial charge in [0, 0.05) is 18.1 Å². The second-order valence-corrected chi connectivity index (χ2v) is 5.93. The number of benzene rings is 1. The highest BCUT2D eigenvalue weighted by molar-refractivity contribution is 6.30. The molecule has 1 fully saturated rings. The van der Waals surface area contributed by atoms with Crippen LogP contribution in [0.15, 0.2) is 24.3 Å². The maximum absolute atomic E-state index is 10.9. The minimum Gasteiger partial charge on any atom is -0.481 e. The normalized spacial score (nSPS) is 21.5. The topological polar surface area (TPSA) is 40.5 Å². The molecule has 0 saturated carbocycles. The summed E-state index contributed by atoms with van der Waals surface area (Å²) in [7, 11) is 0. The molecule has 0 aromatic heterocycles. The van der Waals surface area contributed by atoms with E-state index in [1.807, 2.05) is 18.2 Å². The molecule has 19 heavy (non-hydrogen) atoms. The third-order valence-corrected chi connectivity index (χ3v) is 4.01. The Hall–Kier alpha value is -1.06. The highest BCUT2D eigenvalue weighted by Gasteiger charge is 2.26. The van der Waals surface area contributed by atoms with Gasteiger partial charge in [0.1, 0.15) is 0 Å². The first-order valence-corrected chi connectivity index (χ1v) is 7.12. The predicted octanol–water partition coefficient (Wildman–Crippen LogP) is 3.27. The van der Waals surface area contributed by atoms with Gasteiger partial charge in [-0.3, -0.25) is 9.69 Å². The van der Waals surface area contributed by atoms with Gasteiger partial charge in [-0.15, -0.1) is 0 Å². The molecule has 2 unspecified atom stereocenters. The number of rotatable bonds is 5. The highest BCUT2D eigenvalue weighted by Crippen LogP contribution is 2.25. The summed E-state index contributed by atoms with van der Waals surface area (Å²) in [6, 6.07) is 7.93. The Bertz CT molecular complexity index is 450. The average molecular weight is 282 g/mol. The van der Waals surface area contributed by atoms with Crippen molar-refractivity contribution in [2.24, 2.45) is 11.8 Å². The Labute approximate surface area is 119 Å². The van der Waals surface area contributed by atoms with Crippen LogP contribution in [0.5, 0.6) is 0 Å². The molecule has 0 radical (unpaired) electrons. The number of likely N-dealkylation sites (tertiary alicyclic amines) is 1. The molecule has 1 aromatic carbocycles. The van der Waals surface area contributed by atoms with E-state index < -0.39 is 5.97 Å². The maximum atomic E-state index is 10.9. The lowest BCUT2D eigenvalue weighted by molar-refractivity contribution is -0.141. The fourth-order valence-electron chi connectivity index (χ4n) is 2.74. The second-order valence-electron chi connectivity index (χ2n) is 5.49. The van der Waals surface area contributed by atoms with Gasteiger partial charge in [-0.25, -0.2) is 0 Å². The van der Waals surface area contributed by atoms with Gasteiger partial charge in [0.05, 0.1) is 5.92 Å². The first-order chi connectivity index (χ1) is 9.04. The number of hydrogen-bond donors (Lipinski definition) is 1. The first kappa shape index (κ1) is 14.4. The van der Waals surface area contributed by atoms with Crippen molar-refractivity contribution >= 4 is 17.6 Å². The standard InChI is InChI=1S/C15H20ClNO2/c1-11(15(18)19)7-13-5-6-17(10-13)9-12-3-2-4-14(16)8-12/h2-4,8,11,13H,5-7,9-10H2,1H3,(H,18,19). The van der Waals surface area contributed by atoms with E-state index in [0.29, 0.717) is 5.92 Å². The molecule has 2 atom stereocenters. The fraction of sp³-hybridized carbons (Fsp3) is 0.533. The molecule has 1 heterocycles. The lowest BCUT2D eigenvalue weighted by Crippen LogP contribution is -2.21. The van der Waals surface area contributed by atoms with Crippen LogP contribution in [0.25, 0.3) is 0 Å². The summed E-state index contributed by atoms with van der Waals surface area (Å²) in [6.45, 7) is 4.73. The van der Waals surface area contributed by atoms with E-state index in [1.54, 1.807) is 6.92 Å². The third kappa shape index (κ3) is 4.22. The largest absolute Gasteiger partial charge is 0.481 e. The Balaban J connectivity index is 1.83. The van der Waals surface area contributed by atoms with E-state index in [1.165, 1.54) is 5.56 Å². The maximum Gasteiger partial charge on any atom is 0.306 e. The summed E-state index contributed by atoms with van der Waals surface area (Å²) in [5.41, 5.74) is 1.22. The Morgan fingerprint density at radius 3 is 3.05 bits per heavy atom. The molecule has 1 aromatic rings. The molecule has 0 aliphatic carbocycles. The molecule has 1 N–H and O–H groups in total. The van der Waals surface area contributed by atoms with Crippen molar-refractivity contribution in [1.29, 1.82) is 0 Å². The van der Waals surface area contributed by atoms with Crippen molar-refractivity contribution in [2.75, 3.05) is 13.1 Å². The zero-order valence-electron chi connectivity index (χ0n) is 11.2. The van der Waals surface area contributed by atoms with Crippen LogP contribution in [0.3, 0.4) is 0 Å². The van der Waals surface area contributed by atoms with E-state index in [9.17, 15) is 4.79 Å². The Kier molecular flexibility index (Phi) is 4.83. The SMILES string of the molecule is CC(CC1CCN(Cc2cccc(Cl)c2)C1)C(=O)O. The van der Waals surface area contributed by atoms with Gasteiger partial charge in [0.25, 0.3) is 0 Å². The van der Waals surface area contributed by atoms with Crippen LogP contribution in [0.4, 0.5) is 0 Å². The number of carbonyl (C=O) groups is 1. The fourth-order valence-corrected chi connectivity index (χ4v) is 2.96. The number of halogens is 1. The van der Waals surface area contributed by atoms with Crippen molar-refractivity contribution in [3.05, 3.63) is 34.9 Å². The van der Waals surface area contributed by atoms with Crippen molar-refractivity contribution in [2.45, 2.75) is 26.3 Å². The molecule has 0 bridgehead atoms. The lowest BCUT2D eigenvalue weighted by atomic mass is 9.95. The molecular weight excluding hydrogens is 262 g/mol. The van der Waals surface area contributed by atoms with Crippen LogP contribution in [0.1, 0.15) is 25.3 Å². The lowest BCUT2D eigenvalue weighted by Gasteiger charge is -2.17. The van der Waals surface area contributed by atoms with Crippen LogP contribution in [0.2, 0.25) is 5.02 Å². The van der Waals surface area contributed by atoms with Gasteiger partial charge in [0.15, 0.2) is 0 Å². The van der Waals surface area contributed by atoms with Crippen molar-refractivity contribution in [1.82, 2.24) is 4.90 Å². The van der Waals surface area contributed by atoms with E-state index in [0.717, 1.165) is 37.5 Å². The third-order valence-electron chi connectivity index (χ3n) is 3.77. The quantitative estimate of drug-likeness (QED) is 0.900. The second kappa shape index (κ2) is 6.40. The summed E-state index contributed by atoms with van der Waals surface area (Å²) in [4.78, 5) is 13.2. The summed E-state index contributed by atoms with van der Waals surface area (Å²) in [5.74, 6) is -0.422. The molecule has 1 saturated heterocycles. The molecule has 104 valence electrons. The van der Waals surface area contributed by atoms with E-state index >= 15 is 0 Å². The van der Waals surface area contributed by atoms with Gasteiger partial charge in [-0.05, 0) is 43.0 Å². The minimum atomic E-state index is -0.687. The van der Waals surface area contributed by atoms with Crippen molar-refractivity contribution in [3.8, 4) is 0 Å². The summed E-state index contributed by atoms with van der Waals surface area (Å²) >= 11 is 5.98. The molecule has 1 aliphatic rings. The molecule has 0 amide bonds. The zero-order chi connectivity index (χ0) is 13.8. The molecule has 3 nitrogen and oxygen atoms in total. The van der Waals surface area contributed by atoms with E-state index in [4.69, 9.17) is 16.7 Å². The van der Waals surface area contributed by atoms with E-state index in [2.05, 4.69) is 11.0 Å². The molecule has 0 spiro atoms. The Morgan fingerprint density at radius 2 is 2.37 bits per heavy atom. The predicted molar refractivity (Wildman–Crippen MR) is 76.3 cm³/mol. The molecule has 4 heteroatoms. The van der Waals surface area contributed by atoms with Gasteiger partial charge >= 0.3 is 5.97 Å². The van der Waals surface area contributed by atoms with Crippen LogP contribution in [0, 0.1) is 11.8 Å². The number of carboxylic acid groups (broad SMARTS) is 1. The van der Waals surface area contributed by atoms with Crippen molar-refractivity contribution < 1.29 is 9.90 Å². The average Bonchev–Trinajstić information content (AvgIpc) is 2.76.